The number of thiophene rings is 1. The van der Waals surface area contributed by atoms with Crippen LogP contribution in [0, 0.1) is 0 Å². The van der Waals surface area contributed by atoms with Crippen LogP contribution in [-0.2, 0) is 11.2 Å². The van der Waals surface area contributed by atoms with Crippen molar-refractivity contribution in [1.82, 2.24) is 0 Å². The van der Waals surface area contributed by atoms with Crippen molar-refractivity contribution in [3.05, 3.63) is 41.5 Å². The number of carbonyl (C=O) groups is 1. The Hall–Kier alpha value is -1.81. The molecular weight excluding hydrogens is 270 g/mol. The van der Waals surface area contributed by atoms with Crippen LogP contribution in [0.3, 0.4) is 0 Å². The molecule has 0 atom stereocenters. The van der Waals surface area contributed by atoms with E-state index in [1.54, 1.807) is 0 Å². The highest BCUT2D eigenvalue weighted by atomic mass is 32.1. The molecule has 20 heavy (non-hydrogen) atoms. The van der Waals surface area contributed by atoms with Crippen molar-refractivity contribution in [3.63, 3.8) is 0 Å². The van der Waals surface area contributed by atoms with E-state index in [1.807, 2.05) is 51.1 Å². The van der Waals surface area contributed by atoms with Crippen molar-refractivity contribution in [2.75, 3.05) is 5.73 Å². The summed E-state index contributed by atoms with van der Waals surface area (Å²) in [7, 11) is 0. The molecule has 0 saturated carbocycles. The summed E-state index contributed by atoms with van der Waals surface area (Å²) < 4.78 is 5.30. The van der Waals surface area contributed by atoms with Gasteiger partial charge in [-0.05, 0) is 31.4 Å². The monoisotopic (exact) mass is 289 g/mol. The summed E-state index contributed by atoms with van der Waals surface area (Å²) in [6, 6.07) is 10.00. The van der Waals surface area contributed by atoms with Gasteiger partial charge in [0.2, 0.25) is 0 Å². The highest BCUT2D eigenvalue weighted by molar-refractivity contribution is 7.19. The Bertz CT molecular complexity index is 602. The van der Waals surface area contributed by atoms with Crippen LogP contribution >= 0.6 is 11.3 Å². The predicted molar refractivity (Wildman–Crippen MR) is 84.1 cm³/mol. The molecule has 2 rings (SSSR count). The Morgan fingerprint density at radius 2 is 1.95 bits per heavy atom. The molecule has 3 nitrogen and oxygen atoms in total. The molecule has 2 aromatic rings. The van der Waals surface area contributed by atoms with Gasteiger partial charge in [-0.3, -0.25) is 0 Å². The van der Waals surface area contributed by atoms with Gasteiger partial charge in [0.1, 0.15) is 5.00 Å². The van der Waals surface area contributed by atoms with E-state index in [9.17, 15) is 4.79 Å². The number of hydrogen-bond acceptors (Lipinski definition) is 4. The van der Waals surface area contributed by atoms with Crippen molar-refractivity contribution in [1.29, 1.82) is 0 Å². The zero-order valence-corrected chi connectivity index (χ0v) is 12.8. The Kier molecular flexibility index (Phi) is 4.45. The van der Waals surface area contributed by atoms with E-state index in [4.69, 9.17) is 10.5 Å². The first kappa shape index (κ1) is 14.6. The number of nitrogens with two attached hydrogens (primary N) is 1. The van der Waals surface area contributed by atoms with Gasteiger partial charge >= 0.3 is 5.97 Å². The van der Waals surface area contributed by atoms with Gasteiger partial charge in [0.05, 0.1) is 11.7 Å². The second kappa shape index (κ2) is 6.09. The summed E-state index contributed by atoms with van der Waals surface area (Å²) in [6.45, 7) is 5.70. The van der Waals surface area contributed by atoms with Crippen LogP contribution in [0.2, 0.25) is 0 Å². The molecule has 106 valence electrons. The van der Waals surface area contributed by atoms with E-state index in [0.29, 0.717) is 10.6 Å². The summed E-state index contributed by atoms with van der Waals surface area (Å²) in [5.41, 5.74) is 8.65. The van der Waals surface area contributed by atoms with Crippen molar-refractivity contribution < 1.29 is 9.53 Å². The Morgan fingerprint density at radius 3 is 2.50 bits per heavy atom. The summed E-state index contributed by atoms with van der Waals surface area (Å²) in [4.78, 5) is 13.3. The van der Waals surface area contributed by atoms with E-state index in [-0.39, 0.29) is 12.1 Å². The molecule has 4 heteroatoms. The number of esters is 1. The first-order valence-corrected chi connectivity index (χ1v) is 7.53. The van der Waals surface area contributed by atoms with Crippen LogP contribution in [-0.4, -0.2) is 12.1 Å². The molecule has 0 unspecified atom stereocenters. The molecular formula is C16H19NO2S. The molecule has 0 aliphatic heterocycles. The van der Waals surface area contributed by atoms with Gasteiger partial charge in [-0.1, -0.05) is 37.3 Å². The quantitative estimate of drug-likeness (QED) is 0.861. The molecule has 0 aliphatic rings. The average Bonchev–Trinajstić information content (AvgIpc) is 2.75. The molecule has 0 fully saturated rings. The topological polar surface area (TPSA) is 52.3 Å². The second-order valence-corrected chi connectivity index (χ2v) is 5.87. The zero-order chi connectivity index (χ0) is 14.7. The first-order valence-electron chi connectivity index (χ1n) is 6.72. The van der Waals surface area contributed by atoms with Gasteiger partial charge in [0.15, 0.2) is 0 Å². The standard InChI is InChI=1S/C16H19NO2S/c1-4-12-13(16(18)19-10(2)3)15(17)20-14(12)11-8-6-5-7-9-11/h5-10H,4,17H2,1-3H3. The van der Waals surface area contributed by atoms with Gasteiger partial charge < -0.3 is 10.5 Å². The average molecular weight is 289 g/mol. The van der Waals surface area contributed by atoms with Gasteiger partial charge in [0, 0.05) is 4.88 Å². The molecule has 1 aromatic heterocycles. The molecule has 1 aromatic carbocycles. The number of ether oxygens (including phenoxy) is 1. The lowest BCUT2D eigenvalue weighted by atomic mass is 10.0. The van der Waals surface area contributed by atoms with Gasteiger partial charge in [0.25, 0.3) is 0 Å². The normalized spacial score (nSPS) is 10.8. The van der Waals surface area contributed by atoms with Crippen molar-refractivity contribution >= 4 is 22.3 Å². The minimum absolute atomic E-state index is 0.147. The van der Waals surface area contributed by atoms with E-state index in [2.05, 4.69) is 0 Å². The highest BCUT2D eigenvalue weighted by Gasteiger charge is 2.23. The van der Waals surface area contributed by atoms with Gasteiger partial charge in [-0.25, -0.2) is 4.79 Å². The highest BCUT2D eigenvalue weighted by Crippen LogP contribution is 2.39. The summed E-state index contributed by atoms with van der Waals surface area (Å²) >= 11 is 1.45. The van der Waals surface area contributed by atoms with Crippen LogP contribution in [0.15, 0.2) is 30.3 Å². The smallest absolute Gasteiger partial charge is 0.341 e. The third kappa shape index (κ3) is 2.85. The van der Waals surface area contributed by atoms with E-state index < -0.39 is 0 Å². The second-order valence-electron chi connectivity index (χ2n) is 4.82. The summed E-state index contributed by atoms with van der Waals surface area (Å²) in [6.07, 6.45) is 0.604. The largest absolute Gasteiger partial charge is 0.459 e. The molecule has 0 spiro atoms. The lowest BCUT2D eigenvalue weighted by Crippen LogP contribution is -2.13. The molecule has 0 aliphatic carbocycles. The van der Waals surface area contributed by atoms with Crippen LogP contribution in [0.5, 0.6) is 0 Å². The molecule has 2 N–H and O–H groups in total. The number of carbonyl (C=O) groups excluding carboxylic acids is 1. The van der Waals surface area contributed by atoms with Crippen LogP contribution in [0.1, 0.15) is 36.7 Å². The van der Waals surface area contributed by atoms with Crippen LogP contribution in [0.4, 0.5) is 5.00 Å². The van der Waals surface area contributed by atoms with E-state index in [1.165, 1.54) is 11.3 Å². The Morgan fingerprint density at radius 1 is 1.30 bits per heavy atom. The van der Waals surface area contributed by atoms with Gasteiger partial charge in [-0.2, -0.15) is 0 Å². The Labute approximate surface area is 123 Å². The number of rotatable bonds is 4. The van der Waals surface area contributed by atoms with E-state index in [0.717, 1.165) is 22.4 Å². The zero-order valence-electron chi connectivity index (χ0n) is 12.0. The Balaban J connectivity index is 2.50. The number of anilines is 1. The van der Waals surface area contributed by atoms with Crippen molar-refractivity contribution in [2.24, 2.45) is 0 Å². The fourth-order valence-electron chi connectivity index (χ4n) is 2.14. The minimum atomic E-state index is -0.326. The lowest BCUT2D eigenvalue weighted by molar-refractivity contribution is 0.0378. The predicted octanol–water partition coefficient (Wildman–Crippen LogP) is 4.12. The van der Waals surface area contributed by atoms with Crippen LogP contribution in [0.25, 0.3) is 10.4 Å². The minimum Gasteiger partial charge on any atom is -0.459 e. The summed E-state index contributed by atoms with van der Waals surface area (Å²) in [5, 5.41) is 0.534. The number of benzene rings is 1. The fraction of sp³-hybridized carbons (Fsp3) is 0.312. The molecule has 1 heterocycles. The van der Waals surface area contributed by atoms with Crippen LogP contribution < -0.4 is 5.73 Å². The first-order chi connectivity index (χ1) is 9.54. The lowest BCUT2D eigenvalue weighted by Gasteiger charge is -2.09. The number of hydrogen-bond donors (Lipinski definition) is 1. The number of nitrogen functional groups attached to an aromatic ring is 1. The molecule has 0 bridgehead atoms. The fourth-order valence-corrected chi connectivity index (χ4v) is 3.29. The molecule has 0 saturated heterocycles. The van der Waals surface area contributed by atoms with Crippen molar-refractivity contribution in [3.8, 4) is 10.4 Å². The van der Waals surface area contributed by atoms with E-state index >= 15 is 0 Å². The maximum Gasteiger partial charge on any atom is 0.341 e. The summed E-state index contributed by atoms with van der Waals surface area (Å²) in [5.74, 6) is -0.326. The molecule has 0 amide bonds. The maximum atomic E-state index is 12.2. The third-order valence-corrected chi connectivity index (χ3v) is 4.08. The SMILES string of the molecule is CCc1c(-c2ccccc2)sc(N)c1C(=O)OC(C)C. The van der Waals surface area contributed by atoms with Gasteiger partial charge in [-0.15, -0.1) is 11.3 Å². The molecule has 0 radical (unpaired) electrons. The maximum absolute atomic E-state index is 12.2. The third-order valence-electron chi connectivity index (χ3n) is 2.97. The van der Waals surface area contributed by atoms with Crippen molar-refractivity contribution in [2.45, 2.75) is 33.3 Å².